The first kappa shape index (κ1) is 25.9. The van der Waals surface area contributed by atoms with Gasteiger partial charge in [-0.2, -0.15) is 0 Å². The zero-order valence-corrected chi connectivity index (χ0v) is 22.5. The lowest BCUT2D eigenvalue weighted by Gasteiger charge is -2.50. The van der Waals surface area contributed by atoms with Crippen molar-refractivity contribution in [3.63, 3.8) is 0 Å². The van der Waals surface area contributed by atoms with Crippen LogP contribution < -0.4 is 0 Å². The van der Waals surface area contributed by atoms with Crippen LogP contribution in [0.5, 0.6) is 0 Å². The first-order valence-electron chi connectivity index (χ1n) is 12.7. The maximum atomic E-state index is 12.3. The van der Waals surface area contributed by atoms with Gasteiger partial charge in [-0.15, -0.1) is 0 Å². The fraction of sp³-hybridized carbons (Fsp3) is 0.962. The van der Waals surface area contributed by atoms with E-state index in [0.717, 1.165) is 19.3 Å². The molecule has 2 aliphatic carbocycles. The summed E-state index contributed by atoms with van der Waals surface area (Å²) in [5.41, 5.74) is 0.365. The van der Waals surface area contributed by atoms with Crippen LogP contribution in [0.15, 0.2) is 0 Å². The van der Waals surface area contributed by atoms with Crippen LogP contribution in [0.25, 0.3) is 0 Å². The molecule has 0 aromatic rings. The molecular formula is C26H50O3Si. The van der Waals surface area contributed by atoms with E-state index in [1.807, 2.05) is 0 Å². The average molecular weight is 439 g/mol. The molecule has 0 spiro atoms. The predicted octanol–water partition coefficient (Wildman–Crippen LogP) is 7.74. The summed E-state index contributed by atoms with van der Waals surface area (Å²) in [4.78, 5) is 12.3. The van der Waals surface area contributed by atoms with Crippen molar-refractivity contribution in [1.82, 2.24) is 0 Å². The van der Waals surface area contributed by atoms with Crippen LogP contribution in [0.4, 0.5) is 0 Å². The molecule has 3 nitrogen and oxygen atoms in total. The largest absolute Gasteiger partial charge is 0.462 e. The van der Waals surface area contributed by atoms with E-state index in [9.17, 15) is 4.79 Å². The minimum Gasteiger partial charge on any atom is -0.462 e. The second kappa shape index (κ2) is 10.1. The van der Waals surface area contributed by atoms with E-state index in [2.05, 4.69) is 61.6 Å². The van der Waals surface area contributed by atoms with Gasteiger partial charge in [0.05, 0.1) is 0 Å². The third kappa shape index (κ3) is 5.71. The van der Waals surface area contributed by atoms with Crippen LogP contribution >= 0.6 is 0 Å². The van der Waals surface area contributed by atoms with Gasteiger partial charge < -0.3 is 9.16 Å². The van der Waals surface area contributed by atoms with Gasteiger partial charge in [-0.05, 0) is 86.2 Å². The highest BCUT2D eigenvalue weighted by molar-refractivity contribution is 6.74. The monoisotopic (exact) mass is 438 g/mol. The lowest BCUT2D eigenvalue weighted by molar-refractivity contribution is -0.150. The molecule has 2 rings (SSSR count). The highest BCUT2D eigenvalue weighted by Crippen LogP contribution is 2.59. The topological polar surface area (TPSA) is 35.5 Å². The number of hydrogen-bond acceptors (Lipinski definition) is 3. The molecule has 0 bridgehead atoms. The van der Waals surface area contributed by atoms with Gasteiger partial charge >= 0.3 is 5.97 Å². The lowest BCUT2D eigenvalue weighted by atomic mass is 9.61. The van der Waals surface area contributed by atoms with Crippen molar-refractivity contribution in [2.45, 2.75) is 137 Å². The van der Waals surface area contributed by atoms with Crippen LogP contribution in [-0.4, -0.2) is 26.5 Å². The lowest BCUT2D eigenvalue weighted by Crippen LogP contribution is -2.50. The Hall–Kier alpha value is -0.353. The van der Waals surface area contributed by atoms with Crippen LogP contribution in [0.3, 0.4) is 0 Å². The van der Waals surface area contributed by atoms with Gasteiger partial charge in [-0.25, -0.2) is 0 Å². The van der Waals surface area contributed by atoms with Crippen molar-refractivity contribution >= 4 is 14.3 Å². The molecule has 0 N–H and O–H groups in total. The van der Waals surface area contributed by atoms with Crippen LogP contribution in [0, 0.1) is 23.2 Å². The normalized spacial score (nSPS) is 30.9. The van der Waals surface area contributed by atoms with E-state index in [-0.39, 0.29) is 17.1 Å². The van der Waals surface area contributed by atoms with Gasteiger partial charge in [0.2, 0.25) is 0 Å². The van der Waals surface area contributed by atoms with Gasteiger partial charge in [0, 0.05) is 12.5 Å². The SMILES string of the molecule is CCC(CC)OC(=O)CC[C@H](C)[C@H]1CC[C@H]2[C@H](O[Si](C)(C)C(C)(C)C)CCC[C@]12C. The Kier molecular flexibility index (Phi) is 8.69. The van der Waals surface area contributed by atoms with Crippen molar-refractivity contribution in [2.75, 3.05) is 0 Å². The van der Waals surface area contributed by atoms with Crippen molar-refractivity contribution in [3.05, 3.63) is 0 Å². The van der Waals surface area contributed by atoms with E-state index < -0.39 is 8.32 Å². The molecule has 0 amide bonds. The zero-order chi connectivity index (χ0) is 22.7. The second-order valence-corrected chi connectivity index (χ2v) is 16.8. The highest BCUT2D eigenvalue weighted by atomic mass is 28.4. The van der Waals surface area contributed by atoms with Crippen molar-refractivity contribution in [3.8, 4) is 0 Å². The maximum Gasteiger partial charge on any atom is 0.306 e. The van der Waals surface area contributed by atoms with E-state index in [0.29, 0.717) is 35.7 Å². The molecule has 2 aliphatic rings. The molecular weight excluding hydrogens is 388 g/mol. The molecule has 2 fully saturated rings. The first-order valence-corrected chi connectivity index (χ1v) is 15.6. The number of esters is 1. The van der Waals surface area contributed by atoms with Crippen LogP contribution in [-0.2, 0) is 14.0 Å². The fourth-order valence-corrected chi connectivity index (χ4v) is 7.43. The van der Waals surface area contributed by atoms with E-state index in [1.165, 1.54) is 32.1 Å². The Bertz CT molecular complexity index is 563. The molecule has 2 saturated carbocycles. The van der Waals surface area contributed by atoms with Crippen molar-refractivity contribution < 1.29 is 14.0 Å². The molecule has 0 unspecified atom stereocenters. The minimum absolute atomic E-state index is 0.00182. The molecule has 0 aromatic heterocycles. The van der Waals surface area contributed by atoms with Gasteiger partial charge in [0.15, 0.2) is 8.32 Å². The first-order chi connectivity index (χ1) is 13.9. The standard InChI is InChI=1S/C26H50O3Si/c1-10-20(11-2)28-24(27)17-14-19(3)21-15-16-22-23(13-12-18-26(21,22)7)29-30(8,9)25(4,5)6/h19-23H,10-18H2,1-9H3/t19-,21+,22-,23+,26+/m0/s1. The summed E-state index contributed by atoms with van der Waals surface area (Å²) in [5.74, 6) is 1.96. The Morgan fingerprint density at radius 2 is 1.77 bits per heavy atom. The molecule has 0 aromatic carbocycles. The summed E-state index contributed by atoms with van der Waals surface area (Å²) in [6.07, 6.45) is 10.3. The summed E-state index contributed by atoms with van der Waals surface area (Å²) < 4.78 is 12.6. The summed E-state index contributed by atoms with van der Waals surface area (Å²) >= 11 is 0. The molecule has 0 saturated heterocycles. The Balaban J connectivity index is 1.99. The number of ether oxygens (including phenoxy) is 1. The number of carbonyl (C=O) groups excluding carboxylic acids is 1. The number of hydrogen-bond donors (Lipinski definition) is 0. The van der Waals surface area contributed by atoms with Gasteiger partial charge in [-0.1, -0.05) is 54.9 Å². The Morgan fingerprint density at radius 1 is 1.13 bits per heavy atom. The summed E-state index contributed by atoms with van der Waals surface area (Å²) in [5, 5.41) is 0.265. The third-order valence-electron chi connectivity index (χ3n) is 9.09. The van der Waals surface area contributed by atoms with E-state index in [4.69, 9.17) is 9.16 Å². The Morgan fingerprint density at radius 3 is 2.33 bits per heavy atom. The van der Waals surface area contributed by atoms with Gasteiger partial charge in [-0.3, -0.25) is 4.79 Å². The van der Waals surface area contributed by atoms with Gasteiger partial charge in [0.1, 0.15) is 6.10 Å². The number of fused-ring (bicyclic) bond motifs is 1. The van der Waals surface area contributed by atoms with E-state index in [1.54, 1.807) is 0 Å². The quantitative estimate of drug-likeness (QED) is 0.273. The Labute approximate surface area is 188 Å². The molecule has 30 heavy (non-hydrogen) atoms. The zero-order valence-electron chi connectivity index (χ0n) is 21.5. The molecule has 0 radical (unpaired) electrons. The molecule has 5 atom stereocenters. The predicted molar refractivity (Wildman–Crippen MR) is 129 cm³/mol. The summed E-state index contributed by atoms with van der Waals surface area (Å²) in [6, 6.07) is 0. The van der Waals surface area contributed by atoms with E-state index >= 15 is 0 Å². The van der Waals surface area contributed by atoms with Crippen molar-refractivity contribution in [2.24, 2.45) is 23.2 Å². The molecule has 0 heterocycles. The minimum atomic E-state index is -1.75. The molecule has 176 valence electrons. The number of rotatable bonds is 9. The fourth-order valence-electron chi connectivity index (χ4n) is 6.04. The third-order valence-corrected chi connectivity index (χ3v) is 13.6. The average Bonchev–Trinajstić information content (AvgIpc) is 3.01. The van der Waals surface area contributed by atoms with Crippen molar-refractivity contribution in [1.29, 1.82) is 0 Å². The smallest absolute Gasteiger partial charge is 0.306 e. The highest BCUT2D eigenvalue weighted by Gasteiger charge is 2.54. The molecule has 0 aliphatic heterocycles. The van der Waals surface area contributed by atoms with Crippen LogP contribution in [0.2, 0.25) is 18.1 Å². The molecule has 4 heteroatoms. The van der Waals surface area contributed by atoms with Crippen LogP contribution in [0.1, 0.15) is 106 Å². The second-order valence-electron chi connectivity index (χ2n) is 12.0. The van der Waals surface area contributed by atoms with Gasteiger partial charge in [0.25, 0.3) is 0 Å². The maximum absolute atomic E-state index is 12.3. The summed E-state index contributed by atoms with van der Waals surface area (Å²) in [6.45, 7) is 20.9. The number of carbonyl (C=O) groups is 1. The summed E-state index contributed by atoms with van der Waals surface area (Å²) in [7, 11) is -1.75.